The molecule has 1 aliphatic rings. The van der Waals surface area contributed by atoms with Crippen LogP contribution >= 0.6 is 0 Å². The van der Waals surface area contributed by atoms with E-state index in [1.54, 1.807) is 0 Å². The Morgan fingerprint density at radius 2 is 2.12 bits per heavy atom. The number of likely N-dealkylation sites (tertiary alicyclic amines) is 1. The van der Waals surface area contributed by atoms with Gasteiger partial charge in [0.25, 0.3) is 0 Å². The number of nitrogens with one attached hydrogen (secondary N) is 1. The maximum Gasteiger partial charge on any atom is 0.320 e. The van der Waals surface area contributed by atoms with E-state index in [0.717, 1.165) is 13.1 Å². The Hall–Kier alpha value is -0.610. The topological polar surface area (TPSA) is 41.6 Å². The molecule has 0 saturated carbocycles. The zero-order chi connectivity index (χ0) is 12.9. The summed E-state index contributed by atoms with van der Waals surface area (Å²) >= 11 is 0. The van der Waals surface area contributed by atoms with Gasteiger partial charge >= 0.3 is 5.97 Å². The van der Waals surface area contributed by atoms with Gasteiger partial charge in [-0.05, 0) is 47.2 Å². The molecule has 0 aromatic rings. The zero-order valence-corrected chi connectivity index (χ0v) is 11.6. The highest BCUT2D eigenvalue weighted by atomic mass is 16.6. The number of hydrogen-bond donors (Lipinski definition) is 1. The van der Waals surface area contributed by atoms with Gasteiger partial charge in [0.15, 0.2) is 0 Å². The van der Waals surface area contributed by atoms with Crippen LogP contribution in [0.2, 0.25) is 0 Å². The lowest BCUT2D eigenvalue weighted by atomic mass is 10.0. The normalized spacial score (nSPS) is 22.5. The minimum absolute atomic E-state index is 0.111. The molecule has 1 atom stereocenters. The first kappa shape index (κ1) is 14.5. The third-order valence-corrected chi connectivity index (χ3v) is 2.94. The van der Waals surface area contributed by atoms with E-state index in [-0.39, 0.29) is 11.6 Å². The molecule has 1 rings (SSSR count). The molecule has 1 N–H and O–H groups in total. The molecule has 0 radical (unpaired) electrons. The predicted molar refractivity (Wildman–Crippen MR) is 69.0 cm³/mol. The molecule has 1 fully saturated rings. The second kappa shape index (κ2) is 6.36. The van der Waals surface area contributed by atoms with Crippen LogP contribution in [0.4, 0.5) is 0 Å². The Labute approximate surface area is 105 Å². The lowest BCUT2D eigenvalue weighted by molar-refractivity contribution is -0.157. The third-order valence-electron chi connectivity index (χ3n) is 2.94. The van der Waals surface area contributed by atoms with Gasteiger partial charge in [-0.15, -0.1) is 0 Å². The van der Waals surface area contributed by atoms with Crippen molar-refractivity contribution in [1.29, 1.82) is 0 Å². The second-order valence-electron chi connectivity index (χ2n) is 5.76. The van der Waals surface area contributed by atoms with Crippen LogP contribution in [0.25, 0.3) is 0 Å². The summed E-state index contributed by atoms with van der Waals surface area (Å²) in [5.41, 5.74) is -0.384. The average molecular weight is 242 g/mol. The van der Waals surface area contributed by atoms with Crippen LogP contribution in [0.15, 0.2) is 0 Å². The predicted octanol–water partition coefficient (Wildman–Crippen LogP) is 1.40. The molecule has 0 bridgehead atoms. The van der Waals surface area contributed by atoms with E-state index in [1.165, 1.54) is 19.3 Å². The van der Waals surface area contributed by atoms with Crippen molar-refractivity contribution in [3.8, 4) is 0 Å². The van der Waals surface area contributed by atoms with Gasteiger partial charge in [-0.25, -0.2) is 0 Å². The van der Waals surface area contributed by atoms with E-state index in [1.807, 2.05) is 27.8 Å². The summed E-state index contributed by atoms with van der Waals surface area (Å²) in [4.78, 5) is 14.0. The van der Waals surface area contributed by atoms with E-state index >= 15 is 0 Å². The van der Waals surface area contributed by atoms with Gasteiger partial charge in [0, 0.05) is 12.6 Å². The maximum atomic E-state index is 11.8. The number of carbonyl (C=O) groups excluding carboxylic acids is 1. The molecule has 4 nitrogen and oxygen atoms in total. The van der Waals surface area contributed by atoms with Crippen molar-refractivity contribution in [3.63, 3.8) is 0 Å². The smallest absolute Gasteiger partial charge is 0.320 e. The molecule has 1 aliphatic heterocycles. The van der Waals surface area contributed by atoms with Crippen molar-refractivity contribution in [2.75, 3.05) is 26.7 Å². The van der Waals surface area contributed by atoms with E-state index in [9.17, 15) is 4.79 Å². The third kappa shape index (κ3) is 5.50. The molecule has 0 aromatic carbocycles. The van der Waals surface area contributed by atoms with Gasteiger partial charge in [-0.3, -0.25) is 9.69 Å². The molecule has 1 unspecified atom stereocenters. The molecular formula is C13H26N2O2. The van der Waals surface area contributed by atoms with Gasteiger partial charge in [-0.1, -0.05) is 6.42 Å². The quantitative estimate of drug-likeness (QED) is 0.757. The first-order valence-electron chi connectivity index (χ1n) is 6.53. The Kier molecular flexibility index (Phi) is 5.40. The monoisotopic (exact) mass is 242 g/mol. The second-order valence-corrected chi connectivity index (χ2v) is 5.76. The number of rotatable bonds is 4. The van der Waals surface area contributed by atoms with Crippen LogP contribution < -0.4 is 5.32 Å². The van der Waals surface area contributed by atoms with Crippen LogP contribution in [-0.4, -0.2) is 49.2 Å². The highest BCUT2D eigenvalue weighted by Gasteiger charge is 2.25. The molecule has 0 aromatic heterocycles. The molecule has 100 valence electrons. The Morgan fingerprint density at radius 3 is 2.71 bits per heavy atom. The van der Waals surface area contributed by atoms with Crippen molar-refractivity contribution in [3.05, 3.63) is 0 Å². The van der Waals surface area contributed by atoms with Crippen molar-refractivity contribution < 1.29 is 9.53 Å². The standard InChI is InChI=1S/C13H26N2O2/c1-13(2,3)17-12(16)10-15-8-6-5-7-11(15)9-14-4/h11,14H,5-10H2,1-4H3. The van der Waals surface area contributed by atoms with E-state index in [4.69, 9.17) is 4.74 Å². The summed E-state index contributed by atoms with van der Waals surface area (Å²) < 4.78 is 5.37. The van der Waals surface area contributed by atoms with Gasteiger partial charge < -0.3 is 10.1 Å². The Bertz CT molecular complexity index is 246. The van der Waals surface area contributed by atoms with Crippen molar-refractivity contribution in [2.45, 2.75) is 51.7 Å². The number of carbonyl (C=O) groups is 1. The molecule has 4 heteroatoms. The van der Waals surface area contributed by atoms with E-state index < -0.39 is 0 Å². The first-order chi connectivity index (χ1) is 7.92. The Morgan fingerprint density at radius 1 is 1.41 bits per heavy atom. The summed E-state index contributed by atoms with van der Waals surface area (Å²) in [6, 6.07) is 0.473. The average Bonchev–Trinajstić information content (AvgIpc) is 2.18. The molecule has 1 saturated heterocycles. The number of nitrogens with zero attached hydrogens (tertiary/aromatic N) is 1. The molecule has 17 heavy (non-hydrogen) atoms. The fourth-order valence-electron chi connectivity index (χ4n) is 2.27. The van der Waals surface area contributed by atoms with Crippen LogP contribution in [0.1, 0.15) is 40.0 Å². The number of esters is 1. The molecule has 0 amide bonds. The van der Waals surface area contributed by atoms with E-state index in [0.29, 0.717) is 12.6 Å². The van der Waals surface area contributed by atoms with Gasteiger partial charge in [0.2, 0.25) is 0 Å². The minimum atomic E-state index is -0.384. The number of hydrogen-bond acceptors (Lipinski definition) is 4. The number of piperidine rings is 1. The van der Waals surface area contributed by atoms with Crippen molar-refractivity contribution in [2.24, 2.45) is 0 Å². The lowest BCUT2D eigenvalue weighted by Gasteiger charge is -2.35. The first-order valence-corrected chi connectivity index (χ1v) is 6.53. The summed E-state index contributed by atoms with van der Waals surface area (Å²) in [5.74, 6) is -0.111. The van der Waals surface area contributed by atoms with Crippen molar-refractivity contribution >= 4 is 5.97 Å². The lowest BCUT2D eigenvalue weighted by Crippen LogP contribution is -2.47. The van der Waals surface area contributed by atoms with E-state index in [2.05, 4.69) is 10.2 Å². The molecule has 0 spiro atoms. The number of ether oxygens (including phenoxy) is 1. The van der Waals surface area contributed by atoms with Crippen molar-refractivity contribution in [1.82, 2.24) is 10.2 Å². The van der Waals surface area contributed by atoms with Gasteiger partial charge in [0.1, 0.15) is 5.60 Å². The zero-order valence-electron chi connectivity index (χ0n) is 11.6. The van der Waals surface area contributed by atoms with Gasteiger partial charge in [0.05, 0.1) is 6.54 Å². The fraction of sp³-hybridized carbons (Fsp3) is 0.923. The summed E-state index contributed by atoms with van der Waals surface area (Å²) in [5, 5.41) is 3.20. The highest BCUT2D eigenvalue weighted by molar-refractivity contribution is 5.72. The van der Waals surface area contributed by atoms with Crippen LogP contribution in [-0.2, 0) is 9.53 Å². The van der Waals surface area contributed by atoms with Gasteiger partial charge in [-0.2, -0.15) is 0 Å². The van der Waals surface area contributed by atoms with Crippen LogP contribution in [0.3, 0.4) is 0 Å². The summed E-state index contributed by atoms with van der Waals surface area (Å²) in [6.07, 6.45) is 3.61. The molecule has 1 heterocycles. The minimum Gasteiger partial charge on any atom is -0.459 e. The maximum absolute atomic E-state index is 11.8. The highest BCUT2D eigenvalue weighted by Crippen LogP contribution is 2.17. The largest absolute Gasteiger partial charge is 0.459 e. The molecular weight excluding hydrogens is 216 g/mol. The SMILES string of the molecule is CNCC1CCCCN1CC(=O)OC(C)(C)C. The fourth-order valence-corrected chi connectivity index (χ4v) is 2.27. The summed E-state index contributed by atoms with van der Waals surface area (Å²) in [6.45, 7) is 8.10. The van der Waals surface area contributed by atoms with Crippen LogP contribution in [0, 0.1) is 0 Å². The van der Waals surface area contributed by atoms with Crippen LogP contribution in [0.5, 0.6) is 0 Å². The summed E-state index contributed by atoms with van der Waals surface area (Å²) in [7, 11) is 1.96. The number of likely N-dealkylation sites (N-methyl/N-ethyl adjacent to an activating group) is 1. The molecule has 0 aliphatic carbocycles. The Balaban J connectivity index is 2.44.